The van der Waals surface area contributed by atoms with Crippen LogP contribution in [0.15, 0.2) is 72.9 Å². The molecule has 4 N–H and O–H groups in total. The molecule has 2 aromatic carbocycles. The minimum atomic E-state index is -5.39. The van der Waals surface area contributed by atoms with Crippen LogP contribution >= 0.6 is 11.8 Å². The lowest BCUT2D eigenvalue weighted by Crippen LogP contribution is -2.44. The molecule has 4 rings (SSSR count). The van der Waals surface area contributed by atoms with E-state index in [2.05, 4.69) is 4.74 Å². The zero-order chi connectivity index (χ0) is 50.7. The zero-order valence-electron chi connectivity index (χ0n) is 39.0. The fourth-order valence-electron chi connectivity index (χ4n) is 7.58. The number of hydrogen-bond donors (Lipinski definition) is 2. The monoisotopic (exact) mass is 992 g/mol. The Hall–Kier alpha value is -5.64. The van der Waals surface area contributed by atoms with Gasteiger partial charge in [-0.25, -0.2) is 13.6 Å². The molecule has 2 atom stereocenters. The minimum Gasteiger partial charge on any atom is -0.434 e. The number of benzene rings is 2. The molecule has 1 aromatic heterocycles. The number of aromatic nitrogens is 1. The number of thioether (sulfide) groups is 1. The average molecular weight is 993 g/mol. The van der Waals surface area contributed by atoms with E-state index in [1.54, 1.807) is 17.2 Å². The second-order valence-corrected chi connectivity index (χ2v) is 18.4. The fraction of sp³-hybridized carbons (Fsp3) is 0.500. The number of rotatable bonds is 29. The van der Waals surface area contributed by atoms with Crippen LogP contribution < -0.4 is 11.5 Å². The maximum absolute atomic E-state index is 15.3. The van der Waals surface area contributed by atoms with Gasteiger partial charge in [-0.2, -0.15) is 13.2 Å². The van der Waals surface area contributed by atoms with E-state index in [0.29, 0.717) is 68.3 Å². The number of ether oxygens (including phenoxy) is 3. The van der Waals surface area contributed by atoms with Gasteiger partial charge >= 0.3 is 12.1 Å². The molecule has 0 bridgehead atoms. The number of alkyl halides is 3. The SMILES string of the molecule is CC(C)(C)[C@H](c1cc(-c2cc(F)ccc2F)cn1Cc1ccccc1)N(CCOCCOCCN(CCCN)C(=O)CCCCCN1C(=O)C=CC1=O)C(=O)CCSC(OC(=O)C(F)(F)F)C(N)=O. The Morgan fingerprint density at radius 2 is 1.46 bits per heavy atom. The Kier molecular flexibility index (Phi) is 21.8. The van der Waals surface area contributed by atoms with Crippen LogP contribution in [0.25, 0.3) is 11.1 Å². The van der Waals surface area contributed by atoms with E-state index in [4.69, 9.17) is 20.9 Å². The van der Waals surface area contributed by atoms with Crippen molar-refractivity contribution >= 4 is 47.3 Å². The lowest BCUT2D eigenvalue weighted by atomic mass is 9.83. The molecular weight excluding hydrogens is 932 g/mol. The molecule has 3 aromatic rings. The number of nitrogens with zero attached hydrogens (tertiary/aromatic N) is 4. The number of nitrogens with two attached hydrogens (primary N) is 2. The zero-order valence-corrected chi connectivity index (χ0v) is 39.8. The predicted octanol–water partition coefficient (Wildman–Crippen LogP) is 6.13. The molecule has 0 radical (unpaired) electrons. The van der Waals surface area contributed by atoms with Crippen LogP contribution in [0.3, 0.4) is 0 Å². The van der Waals surface area contributed by atoms with Crippen LogP contribution in [0.2, 0.25) is 0 Å². The highest BCUT2D eigenvalue weighted by Gasteiger charge is 2.43. The molecule has 378 valence electrons. The first kappa shape index (κ1) is 56.0. The molecule has 2 heterocycles. The van der Waals surface area contributed by atoms with E-state index in [-0.39, 0.29) is 87.9 Å². The summed E-state index contributed by atoms with van der Waals surface area (Å²) in [6.45, 7) is 7.67. The molecule has 0 saturated carbocycles. The van der Waals surface area contributed by atoms with Gasteiger partial charge in [0.1, 0.15) is 11.6 Å². The standard InChI is InChI=1S/C48H61F5N6O9S/c1-47(2,3)43(38-29-34(36-30-35(49)14-15-37(36)50)32-57(38)31-33-11-6-4-7-12-33)59(42(63)18-28-69-45(44(55)64)68-46(65)48(51,52)53)23-25-67-27-26-66-24-22-56(20-10-19-54)39(60)13-8-5-9-21-58-40(61)16-17-41(58)62/h4,6-7,11-12,14-17,29-30,32,43,45H,5,8-10,13,18-28,31,54H2,1-3H3,(H2,55,64)/t43-,45?/m0/s1. The van der Waals surface area contributed by atoms with Crippen molar-refractivity contribution < 1.29 is 64.9 Å². The molecule has 1 aliphatic heterocycles. The molecule has 5 amide bonds. The molecule has 69 heavy (non-hydrogen) atoms. The van der Waals surface area contributed by atoms with Crippen molar-refractivity contribution in [3.63, 3.8) is 0 Å². The molecule has 0 fully saturated rings. The largest absolute Gasteiger partial charge is 0.490 e. The molecule has 21 heteroatoms. The van der Waals surface area contributed by atoms with Crippen molar-refractivity contribution in [3.05, 3.63) is 95.8 Å². The van der Waals surface area contributed by atoms with Gasteiger partial charge in [-0.1, -0.05) is 57.5 Å². The van der Waals surface area contributed by atoms with Crippen molar-refractivity contribution in [2.75, 3.05) is 64.9 Å². The summed E-state index contributed by atoms with van der Waals surface area (Å²) in [6.07, 6.45) is 1.05. The third-order valence-corrected chi connectivity index (χ3v) is 11.9. The first-order valence-corrected chi connectivity index (χ1v) is 23.6. The van der Waals surface area contributed by atoms with E-state index >= 15 is 4.39 Å². The maximum atomic E-state index is 15.3. The number of amides is 5. The second-order valence-electron chi connectivity index (χ2n) is 17.2. The predicted molar refractivity (Wildman–Crippen MR) is 248 cm³/mol. The highest BCUT2D eigenvalue weighted by molar-refractivity contribution is 8.00. The molecule has 15 nitrogen and oxygen atoms in total. The van der Waals surface area contributed by atoms with E-state index in [0.717, 1.165) is 23.8 Å². The summed E-state index contributed by atoms with van der Waals surface area (Å²) in [5.74, 6) is -6.86. The number of carbonyl (C=O) groups is 6. The first-order valence-electron chi connectivity index (χ1n) is 22.6. The van der Waals surface area contributed by atoms with Gasteiger partial charge in [0.05, 0.1) is 32.5 Å². The van der Waals surface area contributed by atoms with E-state index in [9.17, 15) is 46.3 Å². The van der Waals surface area contributed by atoms with Gasteiger partial charge in [0.15, 0.2) is 0 Å². The minimum absolute atomic E-state index is 0.00758. The van der Waals surface area contributed by atoms with E-state index < -0.39 is 52.5 Å². The molecule has 0 spiro atoms. The highest BCUT2D eigenvalue weighted by atomic mass is 32.2. The van der Waals surface area contributed by atoms with Gasteiger partial charge in [-0.05, 0) is 61.1 Å². The van der Waals surface area contributed by atoms with Crippen LogP contribution in [0, 0.1) is 17.0 Å². The normalized spacial score (nSPS) is 13.7. The van der Waals surface area contributed by atoms with Gasteiger partial charge < -0.3 is 40.0 Å². The topological polar surface area (TPSA) is 197 Å². The fourth-order valence-corrected chi connectivity index (χ4v) is 8.41. The maximum Gasteiger partial charge on any atom is 0.490 e. The lowest BCUT2D eigenvalue weighted by molar-refractivity contribution is -0.201. The van der Waals surface area contributed by atoms with Gasteiger partial charge in [0.25, 0.3) is 17.7 Å². The van der Waals surface area contributed by atoms with E-state index in [1.807, 2.05) is 55.7 Å². The van der Waals surface area contributed by atoms with Gasteiger partial charge in [0, 0.05) is 86.5 Å². The van der Waals surface area contributed by atoms with Crippen molar-refractivity contribution in [1.82, 2.24) is 19.3 Å². The Bertz CT molecular complexity index is 2220. The van der Waals surface area contributed by atoms with Gasteiger partial charge in [0.2, 0.25) is 17.3 Å². The van der Waals surface area contributed by atoms with Gasteiger partial charge in [-0.3, -0.25) is 28.9 Å². The third kappa shape index (κ3) is 17.7. The number of esters is 1. The van der Waals surface area contributed by atoms with E-state index in [1.165, 1.54) is 22.0 Å². The van der Waals surface area contributed by atoms with Crippen molar-refractivity contribution in [2.24, 2.45) is 16.9 Å². The van der Waals surface area contributed by atoms with Crippen LogP contribution in [0.5, 0.6) is 0 Å². The Morgan fingerprint density at radius 3 is 2.09 bits per heavy atom. The third-order valence-electron chi connectivity index (χ3n) is 10.9. The van der Waals surface area contributed by atoms with Crippen molar-refractivity contribution in [1.29, 1.82) is 0 Å². The summed E-state index contributed by atoms with van der Waals surface area (Å²) < 4.78 is 86.6. The number of carbonyl (C=O) groups excluding carboxylic acids is 6. The summed E-state index contributed by atoms with van der Waals surface area (Å²) in [6, 6.07) is 13.3. The highest BCUT2D eigenvalue weighted by Crippen LogP contribution is 2.41. The Labute approximate surface area is 402 Å². The number of primary amides is 1. The van der Waals surface area contributed by atoms with Crippen molar-refractivity contribution in [3.8, 4) is 11.1 Å². The van der Waals surface area contributed by atoms with Crippen molar-refractivity contribution in [2.45, 2.75) is 83.5 Å². The Balaban J connectivity index is 1.46. The first-order chi connectivity index (χ1) is 32.7. The van der Waals surface area contributed by atoms with Crippen LogP contribution in [-0.2, 0) is 49.5 Å². The summed E-state index contributed by atoms with van der Waals surface area (Å²) in [5, 5.41) is 0. The second kappa shape index (κ2) is 26.9. The summed E-state index contributed by atoms with van der Waals surface area (Å²) >= 11 is 0.452. The molecule has 0 aliphatic carbocycles. The number of halogens is 5. The van der Waals surface area contributed by atoms with Crippen LogP contribution in [-0.4, -0.2) is 131 Å². The molecule has 0 saturated heterocycles. The average Bonchev–Trinajstić information content (AvgIpc) is 3.84. The lowest BCUT2D eigenvalue weighted by Gasteiger charge is -2.41. The summed E-state index contributed by atoms with van der Waals surface area (Å²) in [7, 11) is 0. The number of imide groups is 1. The smallest absolute Gasteiger partial charge is 0.434 e. The molecule has 1 unspecified atom stereocenters. The summed E-state index contributed by atoms with van der Waals surface area (Å²) in [4.78, 5) is 78.9. The summed E-state index contributed by atoms with van der Waals surface area (Å²) in [5.41, 5.74) is 9.91. The molecular formula is C48H61F5N6O9S. The Morgan fingerprint density at radius 1 is 0.797 bits per heavy atom. The number of hydrogen-bond acceptors (Lipinski definition) is 11. The molecule has 1 aliphatic rings. The quantitative estimate of drug-likeness (QED) is 0.0267. The van der Waals surface area contributed by atoms with Gasteiger partial charge in [-0.15, -0.1) is 11.8 Å². The number of unbranched alkanes of at least 4 members (excludes halogenated alkanes) is 2. The van der Waals surface area contributed by atoms with Crippen LogP contribution in [0.4, 0.5) is 22.0 Å². The van der Waals surface area contributed by atoms with Crippen LogP contribution in [0.1, 0.15) is 76.6 Å².